The van der Waals surface area contributed by atoms with E-state index in [1.807, 2.05) is 17.2 Å². The van der Waals surface area contributed by atoms with Crippen LogP contribution in [0.5, 0.6) is 0 Å². The van der Waals surface area contributed by atoms with Crippen LogP contribution in [0.2, 0.25) is 6.04 Å². The first-order chi connectivity index (χ1) is 10.2. The van der Waals surface area contributed by atoms with Crippen LogP contribution < -0.4 is 5.32 Å². The molecule has 1 rings (SSSR count). The number of ether oxygens (including phenoxy) is 2. The van der Waals surface area contributed by atoms with Gasteiger partial charge in [0.25, 0.3) is 0 Å². The van der Waals surface area contributed by atoms with Crippen molar-refractivity contribution in [1.29, 1.82) is 0 Å². The minimum absolute atomic E-state index is 0.0386. The van der Waals surface area contributed by atoms with E-state index in [9.17, 15) is 4.79 Å². The molecule has 2 radical (unpaired) electrons. The van der Waals surface area contributed by atoms with E-state index < -0.39 is 6.58 Å². The molecule has 1 fully saturated rings. The SMILES string of the molecule is [3H]C1CC(OCC(=O)NCCC[Si]OC)C(CO[N]=[V])O1. The Labute approximate surface area is 132 Å². The number of rotatable bonds is 11. The quantitative estimate of drug-likeness (QED) is 0.325. The van der Waals surface area contributed by atoms with Gasteiger partial charge in [0, 0.05) is 7.11 Å². The van der Waals surface area contributed by atoms with Crippen LogP contribution in [0.25, 0.3) is 0 Å². The van der Waals surface area contributed by atoms with Crippen LogP contribution in [0.4, 0.5) is 0 Å². The van der Waals surface area contributed by atoms with E-state index in [1.165, 1.54) is 0 Å². The van der Waals surface area contributed by atoms with Gasteiger partial charge in [0.2, 0.25) is 9.76 Å². The first-order valence-electron chi connectivity index (χ1n) is 6.93. The van der Waals surface area contributed by atoms with E-state index in [2.05, 4.69) is 9.27 Å². The molecule has 3 atom stereocenters. The average Bonchev–Trinajstić information content (AvgIpc) is 2.82. The fourth-order valence-electron chi connectivity index (χ4n) is 1.67. The summed E-state index contributed by atoms with van der Waals surface area (Å²) < 4.78 is 26.9. The number of hydrogen-bond acceptors (Lipinski definition) is 6. The maximum absolute atomic E-state index is 11.6. The summed E-state index contributed by atoms with van der Waals surface area (Å²) in [6.45, 7) is 0.144. The number of carbonyl (C=O) groups excluding carboxylic acids is 1. The number of carbonyl (C=O) groups is 1. The van der Waals surface area contributed by atoms with E-state index in [4.69, 9.17) is 20.1 Å². The zero-order chi connectivity index (χ0) is 15.5. The second-order valence-electron chi connectivity index (χ2n) is 4.11. The molecule has 0 aliphatic carbocycles. The van der Waals surface area contributed by atoms with Gasteiger partial charge in [-0.3, -0.25) is 0 Å². The Hall–Kier alpha value is -0.0887. The van der Waals surface area contributed by atoms with Crippen LogP contribution in [0.15, 0.2) is 3.95 Å². The maximum atomic E-state index is 11.6. The van der Waals surface area contributed by atoms with Crippen molar-refractivity contribution in [3.8, 4) is 0 Å². The van der Waals surface area contributed by atoms with Crippen molar-refractivity contribution >= 4 is 15.7 Å². The number of nitrogens with one attached hydrogen (secondary N) is 1. The van der Waals surface area contributed by atoms with Crippen LogP contribution in [-0.4, -0.2) is 61.3 Å². The van der Waals surface area contributed by atoms with Gasteiger partial charge < -0.3 is 4.43 Å². The van der Waals surface area contributed by atoms with E-state index in [-0.39, 0.29) is 31.3 Å². The second kappa shape index (κ2) is 11.6. The molecule has 3 unspecified atom stereocenters. The molecule has 0 aromatic heterocycles. The van der Waals surface area contributed by atoms with Gasteiger partial charge >= 0.3 is 110 Å². The summed E-state index contributed by atoms with van der Waals surface area (Å²) in [6.07, 6.45) is 0.625. The molecule has 9 heteroatoms. The van der Waals surface area contributed by atoms with Crippen LogP contribution in [-0.2, 0) is 40.8 Å². The summed E-state index contributed by atoms with van der Waals surface area (Å²) >= 11 is 1.95. The minimum atomic E-state index is -0.645. The van der Waals surface area contributed by atoms with Gasteiger partial charge in [0.15, 0.2) is 0 Å². The van der Waals surface area contributed by atoms with Crippen molar-refractivity contribution in [2.75, 3.05) is 33.5 Å². The average molecular weight is 341 g/mol. The summed E-state index contributed by atoms with van der Waals surface area (Å²) in [4.78, 5) is 16.5. The third kappa shape index (κ3) is 7.63. The van der Waals surface area contributed by atoms with Crippen molar-refractivity contribution in [3.05, 3.63) is 0 Å². The summed E-state index contributed by atoms with van der Waals surface area (Å²) in [5, 5.41) is 2.78. The van der Waals surface area contributed by atoms with Gasteiger partial charge in [0.05, 0.1) is 0 Å². The van der Waals surface area contributed by atoms with E-state index in [1.54, 1.807) is 7.11 Å². The molecule has 1 heterocycles. The molecule has 0 spiro atoms. The van der Waals surface area contributed by atoms with Crippen molar-refractivity contribution in [2.45, 2.75) is 31.1 Å². The normalized spacial score (nSPS) is 26.2. The first kappa shape index (κ1) is 16.3. The Morgan fingerprint density at radius 2 is 2.55 bits per heavy atom. The van der Waals surface area contributed by atoms with Gasteiger partial charge in [0.1, 0.15) is 0 Å². The summed E-state index contributed by atoms with van der Waals surface area (Å²) in [6, 6.07) is 0.938. The molecule has 0 aromatic rings. The molecule has 1 aliphatic heterocycles. The van der Waals surface area contributed by atoms with Gasteiger partial charge in [-0.15, -0.1) is 0 Å². The molecule has 1 amide bonds. The van der Waals surface area contributed by atoms with Crippen molar-refractivity contribution in [2.24, 2.45) is 3.95 Å². The second-order valence-corrected chi connectivity index (χ2v) is 5.56. The number of hydrogen-bond donors (Lipinski definition) is 1. The molecular weight excluding hydrogens is 319 g/mol. The summed E-state index contributed by atoms with van der Waals surface area (Å²) in [7, 11) is 2.14. The van der Waals surface area contributed by atoms with Crippen molar-refractivity contribution in [3.63, 3.8) is 0 Å². The Balaban J connectivity index is 2.16. The van der Waals surface area contributed by atoms with Crippen LogP contribution in [0, 0.1) is 0 Å². The molecular formula is C11H20N2O5SiV. The topological polar surface area (TPSA) is 78.4 Å². The monoisotopic (exact) mass is 341 g/mol. The molecule has 0 bridgehead atoms. The summed E-state index contributed by atoms with van der Waals surface area (Å²) in [5.41, 5.74) is 0. The molecule has 0 saturated carbocycles. The van der Waals surface area contributed by atoms with Crippen LogP contribution in [0.1, 0.15) is 14.2 Å². The standard InChI is InChI=1S/C11H20N2O5Si.V/c1-15-19-6-2-4-13-11(14)8-17-9-3-5-16-10(9)7-18-12;/h9-10H,2-8H2,1H3,(H,13,14);/i5T;. The third-order valence-corrected chi connectivity index (χ3v) is 3.69. The van der Waals surface area contributed by atoms with E-state index in [0.717, 1.165) is 12.5 Å². The molecule has 20 heavy (non-hydrogen) atoms. The summed E-state index contributed by atoms with van der Waals surface area (Å²) in [5.74, 6) is -0.166. The Bertz CT molecular complexity index is 329. The van der Waals surface area contributed by atoms with E-state index >= 15 is 0 Å². The van der Waals surface area contributed by atoms with Gasteiger partial charge in [-0.05, 0) is 0 Å². The zero-order valence-corrected chi connectivity index (χ0v) is 13.8. The third-order valence-electron chi connectivity index (χ3n) is 2.66. The van der Waals surface area contributed by atoms with Crippen LogP contribution >= 0.6 is 0 Å². The molecule has 7 nitrogen and oxygen atoms in total. The molecule has 1 N–H and O–H groups in total. The Kier molecular flexibility index (Phi) is 9.41. The van der Waals surface area contributed by atoms with Crippen LogP contribution in [0.3, 0.4) is 0 Å². The van der Waals surface area contributed by atoms with Gasteiger partial charge in [-0.25, -0.2) is 0 Å². The molecule has 1 saturated heterocycles. The molecule has 1 aliphatic rings. The molecule has 0 aromatic carbocycles. The predicted molar refractivity (Wildman–Crippen MR) is 67.7 cm³/mol. The van der Waals surface area contributed by atoms with Gasteiger partial charge in [-0.2, -0.15) is 0 Å². The van der Waals surface area contributed by atoms with E-state index in [0.29, 0.717) is 22.7 Å². The Morgan fingerprint density at radius 1 is 1.70 bits per heavy atom. The fraction of sp³-hybridized carbons (Fsp3) is 0.909. The predicted octanol–water partition coefficient (Wildman–Crippen LogP) is 0.0127. The Morgan fingerprint density at radius 3 is 3.30 bits per heavy atom. The van der Waals surface area contributed by atoms with Crippen molar-refractivity contribution in [1.82, 2.24) is 5.32 Å². The van der Waals surface area contributed by atoms with Gasteiger partial charge in [-0.1, -0.05) is 0 Å². The zero-order valence-electron chi connectivity index (χ0n) is 12.4. The molecule has 113 valence electrons. The number of nitrogens with zero attached hydrogens (tertiary/aromatic N) is 1. The first-order valence-corrected chi connectivity index (χ1v) is 8.09. The fourth-order valence-corrected chi connectivity index (χ4v) is 2.30. The number of amides is 1. The van der Waals surface area contributed by atoms with Crippen molar-refractivity contribution < 1.29 is 42.1 Å².